The van der Waals surface area contributed by atoms with Gasteiger partial charge in [-0.3, -0.25) is 9.59 Å². The van der Waals surface area contributed by atoms with Crippen LogP contribution in [0, 0.1) is 5.92 Å². The second-order valence-corrected chi connectivity index (χ2v) is 8.38. The van der Waals surface area contributed by atoms with Crippen molar-refractivity contribution < 1.29 is 37.3 Å². The number of carbonyl (C=O) groups excluding carboxylic acids is 1. The van der Waals surface area contributed by atoms with Crippen LogP contribution in [0.5, 0.6) is 11.5 Å². The van der Waals surface area contributed by atoms with Crippen molar-refractivity contribution in [1.82, 2.24) is 0 Å². The van der Waals surface area contributed by atoms with Crippen LogP contribution >= 0.6 is 11.6 Å². The zero-order valence-corrected chi connectivity index (χ0v) is 23.7. The molecule has 37 heavy (non-hydrogen) atoms. The summed E-state index contributed by atoms with van der Waals surface area (Å²) in [5.74, 6) is -2.39. The highest BCUT2D eigenvalue weighted by molar-refractivity contribution is 6.31. The van der Waals surface area contributed by atoms with Gasteiger partial charge in [-0.15, -0.1) is 0 Å². The minimum atomic E-state index is -4.71. The van der Waals surface area contributed by atoms with Crippen LogP contribution in [0.15, 0.2) is 30.3 Å². The number of carboxylic acids is 1. The van der Waals surface area contributed by atoms with Gasteiger partial charge in [0.05, 0.1) is 17.0 Å². The maximum Gasteiger partial charge on any atom is 0.419 e. The number of alkyl halides is 3. The number of ether oxygens (including phenoxy) is 2. The van der Waals surface area contributed by atoms with E-state index >= 15 is 0 Å². The van der Waals surface area contributed by atoms with Crippen molar-refractivity contribution in [3.8, 4) is 11.5 Å². The first-order valence-corrected chi connectivity index (χ1v) is 12.8. The lowest BCUT2D eigenvalue weighted by atomic mass is 9.98. The predicted octanol–water partition coefficient (Wildman–Crippen LogP) is 8.63. The lowest BCUT2D eigenvalue weighted by molar-refractivity contribution is -0.141. The number of Topliss-reactive ketones (excluding diaryl/α,β-unsaturated/α-hetero) is 1. The van der Waals surface area contributed by atoms with Gasteiger partial charge in [-0.2, -0.15) is 13.2 Å². The SMILES string of the molecule is CC.CC.CC.CC(Cc1ccc(OCc2cc(Cl)cc3c2OC(C)(C)C3=O)c(C(F)(F)F)c1)C(=O)O. The number of benzene rings is 2. The Morgan fingerprint density at radius 3 is 2.16 bits per heavy atom. The lowest BCUT2D eigenvalue weighted by Crippen LogP contribution is -2.32. The van der Waals surface area contributed by atoms with Crippen molar-refractivity contribution in [1.29, 1.82) is 0 Å². The number of hydrogen-bond acceptors (Lipinski definition) is 4. The minimum absolute atomic E-state index is 0.0501. The van der Waals surface area contributed by atoms with Gasteiger partial charge in [-0.1, -0.05) is 66.1 Å². The standard InChI is InChI=1S/C22H20ClF3O5.3C2H6/c1-11(20(28)29)6-12-4-5-17(16(7-12)22(24,25)26)30-10-13-8-14(23)9-15-18(13)31-21(2,3)19(15)27;3*1-2/h4-5,7-9,11H,6,10H2,1-3H3,(H,28,29);3*1-2H3. The quantitative estimate of drug-likeness (QED) is 0.392. The monoisotopic (exact) mass is 546 g/mol. The zero-order valence-electron chi connectivity index (χ0n) is 23.0. The van der Waals surface area contributed by atoms with Crippen LogP contribution in [0.3, 0.4) is 0 Å². The van der Waals surface area contributed by atoms with Gasteiger partial charge in [-0.25, -0.2) is 0 Å². The van der Waals surface area contributed by atoms with E-state index in [0.717, 1.165) is 12.1 Å². The molecule has 1 aliphatic heterocycles. The summed E-state index contributed by atoms with van der Waals surface area (Å²) in [5, 5.41) is 9.24. The van der Waals surface area contributed by atoms with Gasteiger partial charge in [0.15, 0.2) is 5.60 Å². The van der Waals surface area contributed by atoms with E-state index in [-0.39, 0.29) is 40.7 Å². The second-order valence-electron chi connectivity index (χ2n) is 7.94. The molecule has 0 aromatic heterocycles. The van der Waals surface area contributed by atoms with Crippen molar-refractivity contribution in [3.05, 3.63) is 57.6 Å². The molecular formula is C28H38ClF3O5. The highest BCUT2D eigenvalue weighted by Gasteiger charge is 2.41. The molecule has 0 fully saturated rings. The van der Waals surface area contributed by atoms with Gasteiger partial charge in [-0.05, 0) is 50.1 Å². The molecule has 2 aromatic rings. The molecule has 0 amide bonds. The molecule has 2 aromatic carbocycles. The van der Waals surface area contributed by atoms with Crippen LogP contribution in [0.25, 0.3) is 0 Å². The Morgan fingerprint density at radius 2 is 1.65 bits per heavy atom. The summed E-state index contributed by atoms with van der Waals surface area (Å²) in [4.78, 5) is 23.4. The maximum atomic E-state index is 13.6. The summed E-state index contributed by atoms with van der Waals surface area (Å²) < 4.78 is 52.0. The topological polar surface area (TPSA) is 72.8 Å². The van der Waals surface area contributed by atoms with E-state index in [1.807, 2.05) is 41.5 Å². The first-order valence-electron chi connectivity index (χ1n) is 12.4. The number of ketones is 1. The Labute approximate surface area is 222 Å². The van der Waals surface area contributed by atoms with Crippen molar-refractivity contribution in [2.75, 3.05) is 0 Å². The smallest absolute Gasteiger partial charge is 0.419 e. The molecule has 0 bridgehead atoms. The fraction of sp³-hybridized carbons (Fsp3) is 0.500. The fourth-order valence-electron chi connectivity index (χ4n) is 3.32. The van der Waals surface area contributed by atoms with Gasteiger partial charge in [0.1, 0.15) is 18.1 Å². The maximum absolute atomic E-state index is 13.6. The lowest BCUT2D eigenvalue weighted by Gasteiger charge is -2.18. The third kappa shape index (κ3) is 8.95. The number of halogens is 4. The van der Waals surface area contributed by atoms with E-state index in [2.05, 4.69) is 0 Å². The molecule has 5 nitrogen and oxygen atoms in total. The third-order valence-corrected chi connectivity index (χ3v) is 5.19. The van der Waals surface area contributed by atoms with Crippen molar-refractivity contribution in [3.63, 3.8) is 0 Å². The van der Waals surface area contributed by atoms with Crippen LogP contribution in [-0.2, 0) is 24.0 Å². The number of carbonyl (C=O) groups is 2. The number of aliphatic carboxylic acids is 1. The number of rotatable bonds is 6. The van der Waals surface area contributed by atoms with E-state index in [9.17, 15) is 22.8 Å². The van der Waals surface area contributed by atoms with Gasteiger partial charge in [0, 0.05) is 10.6 Å². The molecule has 0 aliphatic carbocycles. The van der Waals surface area contributed by atoms with Crippen LogP contribution < -0.4 is 9.47 Å². The largest absolute Gasteiger partial charge is 0.488 e. The summed E-state index contributed by atoms with van der Waals surface area (Å²) in [6.07, 6.45) is -4.76. The highest BCUT2D eigenvalue weighted by atomic mass is 35.5. The Hall–Kier alpha value is -2.74. The molecule has 208 valence electrons. The van der Waals surface area contributed by atoms with Gasteiger partial charge in [0.25, 0.3) is 0 Å². The Kier molecular flexibility index (Phi) is 13.8. The van der Waals surface area contributed by atoms with E-state index in [4.69, 9.17) is 26.2 Å². The van der Waals surface area contributed by atoms with Gasteiger partial charge < -0.3 is 14.6 Å². The van der Waals surface area contributed by atoms with E-state index in [1.54, 1.807) is 13.8 Å². The Bertz CT molecular complexity index is 1050. The molecule has 1 atom stereocenters. The van der Waals surface area contributed by atoms with Crippen LogP contribution in [0.4, 0.5) is 13.2 Å². The average molecular weight is 547 g/mol. The summed E-state index contributed by atoms with van der Waals surface area (Å²) in [6.45, 7) is 16.3. The number of fused-ring (bicyclic) bond motifs is 1. The predicted molar refractivity (Wildman–Crippen MR) is 141 cm³/mol. The summed E-state index contributed by atoms with van der Waals surface area (Å²) >= 11 is 6.08. The molecule has 1 unspecified atom stereocenters. The zero-order chi connectivity index (χ0) is 29.1. The van der Waals surface area contributed by atoms with E-state index in [0.29, 0.717) is 5.56 Å². The van der Waals surface area contributed by atoms with Crippen LogP contribution in [0.2, 0.25) is 5.02 Å². The average Bonchev–Trinajstić information content (AvgIpc) is 3.09. The molecule has 9 heteroatoms. The number of carboxylic acid groups (broad SMARTS) is 1. The van der Waals surface area contributed by atoms with Gasteiger partial charge >= 0.3 is 12.1 Å². The first kappa shape index (κ1) is 34.3. The summed E-state index contributed by atoms with van der Waals surface area (Å²) in [5.41, 5.74) is -1.29. The molecule has 1 N–H and O–H groups in total. The summed E-state index contributed by atoms with van der Waals surface area (Å²) in [7, 11) is 0. The first-order chi connectivity index (χ1) is 17.3. The van der Waals surface area contributed by atoms with E-state index in [1.165, 1.54) is 25.1 Å². The molecule has 1 heterocycles. The molecule has 0 radical (unpaired) electrons. The van der Waals surface area contributed by atoms with Crippen molar-refractivity contribution in [2.24, 2.45) is 5.92 Å². The highest BCUT2D eigenvalue weighted by Crippen LogP contribution is 2.41. The number of hydrogen-bond donors (Lipinski definition) is 1. The van der Waals surface area contributed by atoms with Crippen molar-refractivity contribution in [2.45, 2.75) is 87.1 Å². The minimum Gasteiger partial charge on any atom is -0.488 e. The molecular weight excluding hydrogens is 509 g/mol. The second kappa shape index (κ2) is 14.9. The Morgan fingerprint density at radius 1 is 1.08 bits per heavy atom. The molecule has 0 saturated heterocycles. The molecule has 0 saturated carbocycles. The van der Waals surface area contributed by atoms with Crippen molar-refractivity contribution >= 4 is 23.4 Å². The fourth-order valence-corrected chi connectivity index (χ4v) is 3.56. The van der Waals surface area contributed by atoms with Crippen LogP contribution in [0.1, 0.15) is 89.4 Å². The Balaban J connectivity index is 0.00000201. The molecule has 3 rings (SSSR count). The molecule has 1 aliphatic rings. The van der Waals surface area contributed by atoms with Gasteiger partial charge in [0.2, 0.25) is 5.78 Å². The summed E-state index contributed by atoms with van der Waals surface area (Å²) in [6, 6.07) is 6.38. The third-order valence-electron chi connectivity index (χ3n) is 4.98. The normalized spacial score (nSPS) is 13.8. The van der Waals surface area contributed by atoms with E-state index < -0.39 is 35.0 Å². The van der Waals surface area contributed by atoms with Crippen LogP contribution in [-0.4, -0.2) is 22.5 Å². The molecule has 0 spiro atoms.